The van der Waals surface area contributed by atoms with Gasteiger partial charge < -0.3 is 20.5 Å². The number of aromatic hydroxyl groups is 1. The first-order valence-electron chi connectivity index (χ1n) is 11.4. The average molecular weight is 451 g/mol. The summed E-state index contributed by atoms with van der Waals surface area (Å²) in [6.07, 6.45) is 9.23. The fourth-order valence-electron chi connectivity index (χ4n) is 4.08. The SMILES string of the molecule is CC(C)OC(=O)Cc1cnc(NC[C@H]2CC[C@H](Nc3ccc4ccnc(O)c4n3)CC2)nc1. The largest absolute Gasteiger partial charge is 0.492 e. The first-order valence-corrected chi connectivity index (χ1v) is 11.4. The number of ether oxygens (including phenoxy) is 1. The maximum absolute atomic E-state index is 11.7. The fourth-order valence-corrected chi connectivity index (χ4v) is 4.08. The zero-order valence-corrected chi connectivity index (χ0v) is 19.0. The molecule has 9 heteroatoms. The van der Waals surface area contributed by atoms with Crippen LogP contribution in [-0.4, -0.2) is 49.7 Å². The number of hydrogen-bond acceptors (Lipinski definition) is 9. The van der Waals surface area contributed by atoms with Crippen molar-refractivity contribution in [1.82, 2.24) is 19.9 Å². The summed E-state index contributed by atoms with van der Waals surface area (Å²) in [6.45, 7) is 4.47. The van der Waals surface area contributed by atoms with E-state index >= 15 is 0 Å². The van der Waals surface area contributed by atoms with E-state index in [0.717, 1.165) is 49.0 Å². The molecule has 3 aromatic rings. The molecule has 3 N–H and O–H groups in total. The predicted octanol–water partition coefficient (Wildman–Crippen LogP) is 3.70. The minimum absolute atomic E-state index is 0.0447. The van der Waals surface area contributed by atoms with Crippen LogP contribution in [0, 0.1) is 5.92 Å². The first-order chi connectivity index (χ1) is 16.0. The van der Waals surface area contributed by atoms with Crippen LogP contribution in [0.25, 0.3) is 10.9 Å². The van der Waals surface area contributed by atoms with E-state index in [1.807, 2.05) is 32.0 Å². The summed E-state index contributed by atoms with van der Waals surface area (Å²) in [5, 5.41) is 17.6. The van der Waals surface area contributed by atoms with Crippen LogP contribution in [0.15, 0.2) is 36.8 Å². The summed E-state index contributed by atoms with van der Waals surface area (Å²) in [5.41, 5.74) is 1.26. The highest BCUT2D eigenvalue weighted by atomic mass is 16.5. The van der Waals surface area contributed by atoms with Crippen LogP contribution >= 0.6 is 0 Å². The van der Waals surface area contributed by atoms with Crippen molar-refractivity contribution in [3.05, 3.63) is 42.4 Å². The fraction of sp³-hybridized carbons (Fsp3) is 0.458. The van der Waals surface area contributed by atoms with Gasteiger partial charge in [0.05, 0.1) is 12.5 Å². The Balaban J connectivity index is 1.21. The molecule has 3 aromatic heterocycles. The summed E-state index contributed by atoms with van der Waals surface area (Å²) in [6, 6.07) is 6.08. The van der Waals surface area contributed by atoms with Crippen LogP contribution in [0.4, 0.5) is 11.8 Å². The molecule has 174 valence electrons. The third kappa shape index (κ3) is 6.27. The van der Waals surface area contributed by atoms with Crippen molar-refractivity contribution in [2.75, 3.05) is 17.2 Å². The standard InChI is InChI=1S/C24H30N6O3/c1-15(2)33-21(31)11-17-13-27-24(28-14-17)26-12-16-3-6-19(7-4-16)29-20-8-5-18-9-10-25-23(32)22(18)30-20/h5,8-10,13-16,19H,3-4,6-7,11-12H2,1-2H3,(H,25,32)(H,29,30)(H,26,27,28)/t16-,19-. The van der Waals surface area contributed by atoms with Gasteiger partial charge in [-0.1, -0.05) is 0 Å². The average Bonchev–Trinajstić information content (AvgIpc) is 2.79. The van der Waals surface area contributed by atoms with Gasteiger partial charge in [0.2, 0.25) is 11.8 Å². The Morgan fingerprint density at radius 3 is 2.61 bits per heavy atom. The van der Waals surface area contributed by atoms with Crippen LogP contribution in [0.1, 0.15) is 45.1 Å². The molecule has 1 fully saturated rings. The lowest BCUT2D eigenvalue weighted by Crippen LogP contribution is -2.29. The number of carbonyl (C=O) groups excluding carboxylic acids is 1. The van der Waals surface area contributed by atoms with Crippen LogP contribution in [0.3, 0.4) is 0 Å². The highest BCUT2D eigenvalue weighted by Gasteiger charge is 2.21. The topological polar surface area (TPSA) is 122 Å². The van der Waals surface area contributed by atoms with Gasteiger partial charge in [0.25, 0.3) is 0 Å². The van der Waals surface area contributed by atoms with Crippen molar-refractivity contribution in [1.29, 1.82) is 0 Å². The molecule has 0 spiro atoms. The molecule has 9 nitrogen and oxygen atoms in total. The van der Waals surface area contributed by atoms with Gasteiger partial charge in [0.15, 0.2) is 0 Å². The third-order valence-corrected chi connectivity index (χ3v) is 5.76. The Hall–Kier alpha value is -3.49. The number of rotatable bonds is 8. The van der Waals surface area contributed by atoms with Gasteiger partial charge in [0.1, 0.15) is 11.3 Å². The summed E-state index contributed by atoms with van der Waals surface area (Å²) >= 11 is 0. The number of pyridine rings is 2. The van der Waals surface area contributed by atoms with E-state index in [4.69, 9.17) is 4.74 Å². The molecule has 0 radical (unpaired) electrons. The molecule has 0 bridgehead atoms. The quantitative estimate of drug-likeness (QED) is 0.441. The second-order valence-electron chi connectivity index (χ2n) is 8.78. The van der Waals surface area contributed by atoms with Gasteiger partial charge in [0, 0.05) is 42.1 Å². The lowest BCUT2D eigenvalue weighted by molar-refractivity contribution is -0.146. The van der Waals surface area contributed by atoms with Crippen molar-refractivity contribution in [3.63, 3.8) is 0 Å². The van der Waals surface area contributed by atoms with Gasteiger partial charge in [-0.15, -0.1) is 0 Å². The Kier molecular flexibility index (Phi) is 7.16. The molecule has 0 amide bonds. The van der Waals surface area contributed by atoms with Crippen LogP contribution in [0.5, 0.6) is 5.88 Å². The second kappa shape index (κ2) is 10.4. The second-order valence-corrected chi connectivity index (χ2v) is 8.78. The lowest BCUT2D eigenvalue weighted by atomic mass is 9.86. The van der Waals surface area contributed by atoms with Gasteiger partial charge in [-0.2, -0.15) is 0 Å². The molecular weight excluding hydrogens is 420 g/mol. The lowest BCUT2D eigenvalue weighted by Gasteiger charge is -2.29. The number of esters is 1. The molecule has 33 heavy (non-hydrogen) atoms. The molecule has 0 atom stereocenters. The van der Waals surface area contributed by atoms with E-state index < -0.39 is 0 Å². The van der Waals surface area contributed by atoms with E-state index in [1.54, 1.807) is 18.6 Å². The molecule has 1 saturated carbocycles. The maximum Gasteiger partial charge on any atom is 0.310 e. The number of aromatic nitrogens is 4. The zero-order valence-electron chi connectivity index (χ0n) is 19.0. The van der Waals surface area contributed by atoms with Crippen molar-refractivity contribution in [3.8, 4) is 5.88 Å². The smallest absolute Gasteiger partial charge is 0.310 e. The summed E-state index contributed by atoms with van der Waals surface area (Å²) < 4.78 is 5.15. The molecule has 3 heterocycles. The highest BCUT2D eigenvalue weighted by molar-refractivity contribution is 5.83. The van der Waals surface area contributed by atoms with Crippen molar-refractivity contribution in [2.24, 2.45) is 5.92 Å². The number of nitrogens with zero attached hydrogens (tertiary/aromatic N) is 4. The minimum Gasteiger partial charge on any atom is -0.492 e. The van der Waals surface area contributed by atoms with Crippen LogP contribution in [0.2, 0.25) is 0 Å². The highest BCUT2D eigenvalue weighted by Crippen LogP contribution is 2.28. The third-order valence-electron chi connectivity index (χ3n) is 5.76. The maximum atomic E-state index is 11.7. The summed E-state index contributed by atoms with van der Waals surface area (Å²) in [5.74, 6) is 1.57. The van der Waals surface area contributed by atoms with E-state index in [1.165, 1.54) is 0 Å². The normalized spacial score (nSPS) is 18.3. The van der Waals surface area contributed by atoms with Gasteiger partial charge in [-0.25, -0.2) is 19.9 Å². The minimum atomic E-state index is -0.271. The molecule has 0 unspecified atom stereocenters. The molecule has 1 aliphatic rings. The first kappa shape index (κ1) is 22.7. The monoisotopic (exact) mass is 450 g/mol. The van der Waals surface area contributed by atoms with E-state index in [2.05, 4.69) is 30.6 Å². The van der Waals surface area contributed by atoms with Crippen molar-refractivity contribution in [2.45, 2.75) is 58.1 Å². The number of carbonyl (C=O) groups is 1. The molecule has 0 saturated heterocycles. The zero-order chi connectivity index (χ0) is 23.2. The van der Waals surface area contributed by atoms with Gasteiger partial charge in [-0.3, -0.25) is 4.79 Å². The number of fused-ring (bicyclic) bond motifs is 1. The van der Waals surface area contributed by atoms with Crippen LogP contribution in [-0.2, 0) is 16.0 Å². The molecular formula is C24H30N6O3. The van der Waals surface area contributed by atoms with E-state index in [9.17, 15) is 9.90 Å². The number of hydrogen-bond donors (Lipinski definition) is 3. The van der Waals surface area contributed by atoms with Crippen molar-refractivity contribution >= 4 is 28.6 Å². The summed E-state index contributed by atoms with van der Waals surface area (Å²) in [7, 11) is 0. The Morgan fingerprint density at radius 2 is 1.88 bits per heavy atom. The van der Waals surface area contributed by atoms with Gasteiger partial charge >= 0.3 is 5.97 Å². The predicted molar refractivity (Wildman–Crippen MR) is 126 cm³/mol. The van der Waals surface area contributed by atoms with E-state index in [0.29, 0.717) is 23.4 Å². The molecule has 0 aromatic carbocycles. The molecule has 4 rings (SSSR count). The van der Waals surface area contributed by atoms with Gasteiger partial charge in [-0.05, 0) is 63.6 Å². The Bertz CT molecular complexity index is 1080. The Morgan fingerprint density at radius 1 is 1.12 bits per heavy atom. The van der Waals surface area contributed by atoms with E-state index in [-0.39, 0.29) is 24.4 Å². The Labute approximate surface area is 193 Å². The summed E-state index contributed by atoms with van der Waals surface area (Å²) in [4.78, 5) is 28.8. The van der Waals surface area contributed by atoms with Crippen molar-refractivity contribution < 1.29 is 14.6 Å². The van der Waals surface area contributed by atoms with Crippen LogP contribution < -0.4 is 10.6 Å². The number of nitrogens with one attached hydrogen (secondary N) is 2. The molecule has 0 aliphatic heterocycles. The number of anilines is 2. The molecule has 1 aliphatic carbocycles.